The molecule has 9 heteroatoms. The van der Waals surface area contributed by atoms with E-state index in [9.17, 15) is 0 Å². The van der Waals surface area contributed by atoms with Crippen molar-refractivity contribution in [2.45, 2.75) is 0 Å². The first kappa shape index (κ1) is 54.6. The van der Waals surface area contributed by atoms with Crippen molar-refractivity contribution in [3.8, 4) is 90.6 Å². The van der Waals surface area contributed by atoms with Crippen LogP contribution in [-0.4, -0.2) is 58.9 Å². The Bertz CT molecular complexity index is 6080. The summed E-state index contributed by atoms with van der Waals surface area (Å²) in [6.45, 7) is 0. The van der Waals surface area contributed by atoms with Gasteiger partial charge in [0.15, 0.2) is 0 Å². The van der Waals surface area contributed by atoms with Crippen LogP contribution in [0, 0.1) is 0 Å². The maximum atomic E-state index is 6.10. The fourth-order valence-electron chi connectivity index (χ4n) is 13.2. The summed E-state index contributed by atoms with van der Waals surface area (Å²) in [7, 11) is 0. The van der Waals surface area contributed by atoms with Gasteiger partial charge >= 0.3 is 532 Å². The molecule has 0 spiro atoms. The SMILES string of the molecule is c1ccc(-c2nc(-c3ccc4oc5ccccc5c4c3)nc(-c3ccc4[se]c5c(-c6ccc7ccccc7c6)cccc5c4c3)n2)cc1.c1ccc(-c2nc(-c3ccccc3)nc(-c3cccc4[se]c5c(-c6cc7ccccc7c7ccccc67)cccc5c34)n2)cc1. The van der Waals surface area contributed by atoms with Crippen LogP contribution in [0.5, 0.6) is 0 Å². The van der Waals surface area contributed by atoms with Gasteiger partial charge in [-0.05, 0) is 6.07 Å². The van der Waals surface area contributed by atoms with E-state index < -0.39 is 0 Å². The van der Waals surface area contributed by atoms with Crippen LogP contribution in [0.4, 0.5) is 0 Å². The Hall–Kier alpha value is -11.3. The van der Waals surface area contributed by atoms with Crippen LogP contribution in [0.25, 0.3) is 183 Å². The molecule has 0 aliphatic rings. The molecule has 0 bridgehead atoms. The van der Waals surface area contributed by atoms with Crippen molar-refractivity contribution >= 4 is 122 Å². The van der Waals surface area contributed by atoms with Crippen molar-refractivity contribution in [3.05, 3.63) is 303 Å². The number of furan rings is 1. The molecule has 19 rings (SSSR count). The average molecular weight is 1320 g/mol. The predicted octanol–water partition coefficient (Wildman–Crippen LogP) is 21.2. The molecule has 0 fully saturated rings. The van der Waals surface area contributed by atoms with Crippen LogP contribution >= 0.6 is 0 Å². The topological polar surface area (TPSA) is 90.5 Å². The Morgan fingerprint density at radius 1 is 0.215 bits per heavy atom. The molecule has 0 aliphatic heterocycles. The number of hydrogen-bond donors (Lipinski definition) is 0. The van der Waals surface area contributed by atoms with Crippen LogP contribution in [0.15, 0.2) is 308 Å². The second-order valence-corrected chi connectivity index (χ2v) is 27.6. The molecular weight excluding hydrogens is 1270 g/mol. The first-order valence-electron chi connectivity index (χ1n) is 31.0. The normalized spacial score (nSPS) is 11.7. The third-order valence-electron chi connectivity index (χ3n) is 17.6. The Morgan fingerprint density at radius 2 is 0.688 bits per heavy atom. The van der Waals surface area contributed by atoms with Crippen molar-refractivity contribution in [3.63, 3.8) is 0 Å². The minimum atomic E-state index is 0.127. The summed E-state index contributed by atoms with van der Waals surface area (Å²) in [5.74, 6) is 4.00. The number of rotatable bonds is 8. The molecule has 14 aromatic carbocycles. The van der Waals surface area contributed by atoms with Gasteiger partial charge in [0, 0.05) is 0 Å². The average Bonchev–Trinajstić information content (AvgIpc) is 1.68. The maximum absolute atomic E-state index is 6.10. The van der Waals surface area contributed by atoms with Crippen LogP contribution in [0.3, 0.4) is 0 Å². The van der Waals surface area contributed by atoms with E-state index in [2.05, 4.69) is 206 Å². The molecule has 0 saturated heterocycles. The molecule has 0 unspecified atom stereocenters. The van der Waals surface area contributed by atoms with Gasteiger partial charge in [0.25, 0.3) is 0 Å². The van der Waals surface area contributed by atoms with Crippen LogP contribution in [0.2, 0.25) is 0 Å². The second-order valence-electron chi connectivity index (χ2n) is 23.2. The van der Waals surface area contributed by atoms with E-state index in [1.807, 2.05) is 97.1 Å². The zero-order valence-electron chi connectivity index (χ0n) is 49.8. The monoisotopic (exact) mass is 1320 g/mol. The van der Waals surface area contributed by atoms with Gasteiger partial charge in [0.2, 0.25) is 0 Å². The third-order valence-corrected chi connectivity index (χ3v) is 22.7. The number of hydrogen-bond acceptors (Lipinski definition) is 7. The molecule has 434 valence electrons. The zero-order valence-corrected chi connectivity index (χ0v) is 53.2. The second kappa shape index (κ2) is 22.9. The molecule has 0 aliphatic carbocycles. The molecule has 0 amide bonds. The summed E-state index contributed by atoms with van der Waals surface area (Å²) in [5, 5.41) is 14.9. The molecule has 5 aromatic heterocycles. The van der Waals surface area contributed by atoms with E-state index in [0.29, 0.717) is 34.9 Å². The van der Waals surface area contributed by atoms with E-state index in [1.165, 1.54) is 93.2 Å². The fourth-order valence-corrected chi connectivity index (χ4v) is 18.4. The van der Waals surface area contributed by atoms with Gasteiger partial charge < -0.3 is 0 Å². The summed E-state index contributed by atoms with van der Waals surface area (Å²) in [6, 6.07) is 107. The van der Waals surface area contributed by atoms with Crippen LogP contribution < -0.4 is 0 Å². The molecule has 93 heavy (non-hydrogen) atoms. The number of benzene rings is 14. The van der Waals surface area contributed by atoms with Crippen LogP contribution in [-0.2, 0) is 0 Å². The summed E-state index contributed by atoms with van der Waals surface area (Å²) >= 11 is 0.315. The van der Waals surface area contributed by atoms with Gasteiger partial charge in [-0.25, -0.2) is 0 Å². The molecule has 0 saturated carbocycles. The Balaban J connectivity index is 0.000000137. The first-order chi connectivity index (χ1) is 46.1. The van der Waals surface area contributed by atoms with E-state index in [0.717, 1.165) is 55.3 Å². The number of nitrogens with zero attached hydrogens (tertiary/aromatic N) is 6. The quantitative estimate of drug-likeness (QED) is 0.111. The molecule has 0 radical (unpaired) electrons. The summed E-state index contributed by atoms with van der Waals surface area (Å²) in [6.07, 6.45) is 0. The Morgan fingerprint density at radius 3 is 1.39 bits per heavy atom. The fraction of sp³-hybridized carbons (Fsp3) is 0. The van der Waals surface area contributed by atoms with E-state index in [-0.39, 0.29) is 29.0 Å². The van der Waals surface area contributed by atoms with Gasteiger partial charge in [0.1, 0.15) is 0 Å². The summed E-state index contributed by atoms with van der Waals surface area (Å²) in [4.78, 5) is 30.2. The molecule has 19 aromatic rings. The van der Waals surface area contributed by atoms with Gasteiger partial charge in [0.05, 0.1) is 0 Å². The first-order valence-corrected chi connectivity index (χ1v) is 34.4. The molecule has 7 nitrogen and oxygen atoms in total. The molecular formula is C84H50N6OSe2. The third kappa shape index (κ3) is 9.82. The van der Waals surface area contributed by atoms with Gasteiger partial charge in [-0.15, -0.1) is 0 Å². The van der Waals surface area contributed by atoms with Crippen molar-refractivity contribution in [1.82, 2.24) is 29.9 Å². The van der Waals surface area contributed by atoms with Crippen molar-refractivity contribution in [2.24, 2.45) is 0 Å². The van der Waals surface area contributed by atoms with Crippen molar-refractivity contribution < 1.29 is 4.42 Å². The minimum absolute atomic E-state index is 0.127. The predicted molar refractivity (Wildman–Crippen MR) is 387 cm³/mol. The number of fused-ring (bicyclic) bond motifs is 13. The van der Waals surface area contributed by atoms with Crippen molar-refractivity contribution in [2.75, 3.05) is 0 Å². The van der Waals surface area contributed by atoms with E-state index >= 15 is 0 Å². The number of para-hydroxylation sites is 1. The van der Waals surface area contributed by atoms with Crippen molar-refractivity contribution in [1.29, 1.82) is 0 Å². The standard InChI is InChI=1S/C43H25N3OSe.C41H25N3Se/c1-2-10-27(11-3-1)41-44-42(30-19-21-38-35(24-30)33-13-6-7-16-37(33)47-38)46-43(45-41)31-20-22-39-36(25-31)34-15-8-14-32(40(34)48-39)29-18-17-26-9-4-5-12-28(26)23-29;1-3-13-26(14-4-1)39-42-40(27-15-5-2-6-16-27)44-41(43-39)34-23-12-24-36-37(34)33-22-11-21-32(38(33)45-36)35-25-28-17-7-8-18-29(28)30-19-9-10-20-31(30)35/h1-25H;1-25H. The Labute approximate surface area is 546 Å². The van der Waals surface area contributed by atoms with Gasteiger partial charge in [-0.1, -0.05) is 12.1 Å². The Kier molecular flexibility index (Phi) is 13.4. The summed E-state index contributed by atoms with van der Waals surface area (Å²) in [5.41, 5.74) is 12.7. The van der Waals surface area contributed by atoms with Gasteiger partial charge in [-0.3, -0.25) is 0 Å². The van der Waals surface area contributed by atoms with Gasteiger partial charge in [-0.2, -0.15) is 0 Å². The molecule has 5 heterocycles. The van der Waals surface area contributed by atoms with E-state index in [4.69, 9.17) is 34.3 Å². The summed E-state index contributed by atoms with van der Waals surface area (Å²) < 4.78 is 11.7. The zero-order chi connectivity index (χ0) is 61.3. The van der Waals surface area contributed by atoms with E-state index in [1.54, 1.807) is 0 Å². The molecule has 0 N–H and O–H groups in total. The number of aromatic nitrogens is 6. The van der Waals surface area contributed by atoms with Crippen LogP contribution in [0.1, 0.15) is 0 Å². The molecule has 0 atom stereocenters.